The quantitative estimate of drug-likeness (QED) is 0.287. The van der Waals surface area contributed by atoms with E-state index in [4.69, 9.17) is 0 Å². The van der Waals surface area contributed by atoms with Crippen molar-refractivity contribution in [2.45, 2.75) is 32.2 Å². The van der Waals surface area contributed by atoms with Crippen molar-refractivity contribution in [1.82, 2.24) is 16.0 Å². The van der Waals surface area contributed by atoms with Gasteiger partial charge in [0.2, 0.25) is 0 Å². The number of hydrogen-bond acceptors (Lipinski definition) is 3. The Hall–Kier alpha value is -2.29. The van der Waals surface area contributed by atoms with Gasteiger partial charge in [-0.25, -0.2) is 0 Å². The lowest BCUT2D eigenvalue weighted by atomic mass is 10.1. The van der Waals surface area contributed by atoms with E-state index in [9.17, 15) is 4.79 Å². The second kappa shape index (κ2) is 12.5. The number of halogens is 1. The molecule has 1 fully saturated rings. The summed E-state index contributed by atoms with van der Waals surface area (Å²) < 4.78 is 0. The number of guanidine groups is 1. The Balaban J connectivity index is 0.00000341. The molecule has 1 saturated heterocycles. The van der Waals surface area contributed by atoms with Gasteiger partial charge in [-0.15, -0.1) is 24.0 Å². The molecule has 0 radical (unpaired) electrons. The third-order valence-electron chi connectivity index (χ3n) is 5.54. The van der Waals surface area contributed by atoms with Crippen LogP contribution in [0.1, 0.15) is 47.3 Å². The molecule has 0 spiro atoms. The van der Waals surface area contributed by atoms with E-state index in [2.05, 4.69) is 57.0 Å². The molecule has 1 aliphatic heterocycles. The minimum Gasteiger partial charge on any atom is -0.372 e. The number of benzene rings is 2. The van der Waals surface area contributed by atoms with Gasteiger partial charge in [-0.2, -0.15) is 0 Å². The van der Waals surface area contributed by atoms with Crippen LogP contribution in [0.3, 0.4) is 0 Å². The van der Waals surface area contributed by atoms with Crippen LogP contribution in [0.2, 0.25) is 0 Å². The fourth-order valence-electron chi connectivity index (χ4n) is 3.79. The molecule has 0 aromatic heterocycles. The smallest absolute Gasteiger partial charge is 0.251 e. The lowest BCUT2D eigenvalue weighted by Crippen LogP contribution is -2.39. The molecule has 6 nitrogen and oxygen atoms in total. The molecule has 2 aromatic rings. The highest BCUT2D eigenvalue weighted by Crippen LogP contribution is 2.23. The van der Waals surface area contributed by atoms with Crippen LogP contribution in [-0.4, -0.2) is 45.6 Å². The van der Waals surface area contributed by atoms with E-state index >= 15 is 0 Å². The van der Waals surface area contributed by atoms with E-state index in [1.54, 1.807) is 14.1 Å². The fraction of sp³-hybridized carbons (Fsp3) is 0.417. The average Bonchev–Trinajstić information content (AvgIpc) is 3.33. The maximum atomic E-state index is 11.8. The zero-order chi connectivity index (χ0) is 21.3. The number of rotatable bonds is 7. The van der Waals surface area contributed by atoms with Crippen molar-refractivity contribution in [3.05, 3.63) is 65.2 Å². The summed E-state index contributed by atoms with van der Waals surface area (Å²) in [5.41, 5.74) is 4.35. The Labute approximate surface area is 202 Å². The number of anilines is 1. The predicted octanol–water partition coefficient (Wildman–Crippen LogP) is 3.73. The molecule has 1 heterocycles. The Kier molecular flexibility index (Phi) is 10.1. The Morgan fingerprint density at radius 3 is 2.58 bits per heavy atom. The van der Waals surface area contributed by atoms with E-state index in [0.29, 0.717) is 5.56 Å². The first kappa shape index (κ1) is 25.0. The molecule has 3 rings (SSSR count). The summed E-state index contributed by atoms with van der Waals surface area (Å²) in [6.45, 7) is 5.19. The van der Waals surface area contributed by atoms with Gasteiger partial charge in [0.1, 0.15) is 0 Å². The van der Waals surface area contributed by atoms with Crippen LogP contribution >= 0.6 is 24.0 Å². The summed E-state index contributed by atoms with van der Waals surface area (Å²) in [5.74, 6) is 0.712. The molecule has 1 aliphatic rings. The summed E-state index contributed by atoms with van der Waals surface area (Å²) >= 11 is 0. The Bertz CT molecular complexity index is 880. The first-order valence-corrected chi connectivity index (χ1v) is 10.7. The highest BCUT2D eigenvalue weighted by molar-refractivity contribution is 14.0. The molecular weight excluding hydrogens is 501 g/mol. The van der Waals surface area contributed by atoms with E-state index in [-0.39, 0.29) is 35.9 Å². The number of aliphatic imine (C=N–C) groups is 1. The first-order chi connectivity index (χ1) is 14.6. The SMILES string of the molecule is CN=C(NCCc1cccc(C(=O)NC)c1)NC(C)c1cccc(N2CCCC2)c1.I. The van der Waals surface area contributed by atoms with Gasteiger partial charge in [0.25, 0.3) is 5.91 Å². The number of nitrogens with one attached hydrogen (secondary N) is 3. The summed E-state index contributed by atoms with van der Waals surface area (Å²) in [5, 5.41) is 9.52. The van der Waals surface area contributed by atoms with Gasteiger partial charge in [-0.1, -0.05) is 24.3 Å². The average molecular weight is 535 g/mol. The normalized spacial score (nSPS) is 14.5. The highest BCUT2D eigenvalue weighted by atomic mass is 127. The van der Waals surface area contributed by atoms with Crippen LogP contribution < -0.4 is 20.9 Å². The molecule has 31 heavy (non-hydrogen) atoms. The van der Waals surface area contributed by atoms with Gasteiger partial charge in [-0.05, 0) is 61.6 Å². The van der Waals surface area contributed by atoms with Crippen LogP contribution in [0, 0.1) is 0 Å². The van der Waals surface area contributed by atoms with Gasteiger partial charge < -0.3 is 20.9 Å². The van der Waals surface area contributed by atoms with E-state index in [0.717, 1.165) is 37.6 Å². The molecule has 0 saturated carbocycles. The molecule has 1 atom stereocenters. The molecule has 0 bridgehead atoms. The lowest BCUT2D eigenvalue weighted by Gasteiger charge is -2.22. The van der Waals surface area contributed by atoms with Crippen molar-refractivity contribution in [3.8, 4) is 0 Å². The van der Waals surface area contributed by atoms with Crippen molar-refractivity contribution in [2.24, 2.45) is 4.99 Å². The summed E-state index contributed by atoms with van der Waals surface area (Å²) in [4.78, 5) is 18.6. The predicted molar refractivity (Wildman–Crippen MR) is 140 cm³/mol. The summed E-state index contributed by atoms with van der Waals surface area (Å²) in [7, 11) is 3.43. The number of hydrogen-bond donors (Lipinski definition) is 3. The van der Waals surface area contributed by atoms with Crippen LogP contribution in [0.15, 0.2) is 53.5 Å². The highest BCUT2D eigenvalue weighted by Gasteiger charge is 2.14. The molecule has 1 amide bonds. The zero-order valence-corrected chi connectivity index (χ0v) is 21.0. The Morgan fingerprint density at radius 1 is 1.13 bits per heavy atom. The number of amides is 1. The standard InChI is InChI=1S/C24H33N5O.HI/c1-18(20-9-7-11-22(17-20)29-14-4-5-15-29)28-24(26-3)27-13-12-19-8-6-10-21(16-19)23(30)25-2;/h6-11,16-18H,4-5,12-15H2,1-3H3,(H,25,30)(H2,26,27,28);1H. The number of carbonyl (C=O) groups excluding carboxylic acids is 1. The van der Waals surface area contributed by atoms with E-state index in [1.807, 2.05) is 24.3 Å². The van der Waals surface area contributed by atoms with Crippen LogP contribution in [0.4, 0.5) is 5.69 Å². The molecule has 2 aromatic carbocycles. The largest absolute Gasteiger partial charge is 0.372 e. The van der Waals surface area contributed by atoms with Gasteiger partial charge in [0.05, 0.1) is 6.04 Å². The first-order valence-electron chi connectivity index (χ1n) is 10.7. The van der Waals surface area contributed by atoms with Gasteiger partial charge in [0, 0.05) is 45.0 Å². The second-order valence-corrected chi connectivity index (χ2v) is 7.68. The second-order valence-electron chi connectivity index (χ2n) is 7.68. The summed E-state index contributed by atoms with van der Waals surface area (Å²) in [6, 6.07) is 16.6. The molecule has 0 aliphatic carbocycles. The molecular formula is C24H34IN5O. The number of nitrogens with zero attached hydrogens (tertiary/aromatic N) is 2. The molecule has 3 N–H and O–H groups in total. The van der Waals surface area contributed by atoms with Crippen LogP contribution in [0.5, 0.6) is 0 Å². The van der Waals surface area contributed by atoms with Crippen molar-refractivity contribution in [2.75, 3.05) is 38.6 Å². The monoisotopic (exact) mass is 535 g/mol. The molecule has 7 heteroatoms. The van der Waals surface area contributed by atoms with Crippen molar-refractivity contribution in [3.63, 3.8) is 0 Å². The third-order valence-corrected chi connectivity index (χ3v) is 5.54. The topological polar surface area (TPSA) is 68.8 Å². The number of carbonyl (C=O) groups is 1. The lowest BCUT2D eigenvalue weighted by molar-refractivity contribution is 0.0963. The maximum Gasteiger partial charge on any atom is 0.251 e. The minimum atomic E-state index is -0.0627. The van der Waals surface area contributed by atoms with Gasteiger partial charge >= 0.3 is 0 Å². The van der Waals surface area contributed by atoms with Crippen molar-refractivity contribution in [1.29, 1.82) is 0 Å². The minimum absolute atomic E-state index is 0. The van der Waals surface area contributed by atoms with Crippen molar-refractivity contribution >= 4 is 41.5 Å². The summed E-state index contributed by atoms with van der Waals surface area (Å²) in [6.07, 6.45) is 3.37. The van der Waals surface area contributed by atoms with Crippen molar-refractivity contribution < 1.29 is 4.79 Å². The van der Waals surface area contributed by atoms with Gasteiger partial charge in [-0.3, -0.25) is 9.79 Å². The Morgan fingerprint density at radius 2 is 1.87 bits per heavy atom. The van der Waals surface area contributed by atoms with E-state index in [1.165, 1.54) is 24.1 Å². The maximum absolute atomic E-state index is 11.8. The fourth-order valence-corrected chi connectivity index (χ4v) is 3.79. The molecule has 1 unspecified atom stereocenters. The van der Waals surface area contributed by atoms with Gasteiger partial charge in [0.15, 0.2) is 5.96 Å². The zero-order valence-electron chi connectivity index (χ0n) is 18.6. The third kappa shape index (κ3) is 7.12. The molecule has 168 valence electrons. The van der Waals surface area contributed by atoms with Crippen LogP contribution in [0.25, 0.3) is 0 Å². The van der Waals surface area contributed by atoms with Crippen LogP contribution in [-0.2, 0) is 6.42 Å². The van der Waals surface area contributed by atoms with E-state index < -0.39 is 0 Å².